The average Bonchev–Trinajstić information content (AvgIpc) is 2.78. The van der Waals surface area contributed by atoms with E-state index in [-0.39, 0.29) is 0 Å². The predicted octanol–water partition coefficient (Wildman–Crippen LogP) is 4.26. The van der Waals surface area contributed by atoms with Crippen molar-refractivity contribution in [1.82, 2.24) is 5.32 Å². The smallest absolute Gasteiger partial charge is 0.135 e. The molecule has 0 aliphatic carbocycles. The molecule has 0 aliphatic heterocycles. The lowest BCUT2D eigenvalue weighted by Gasteiger charge is -2.13. The van der Waals surface area contributed by atoms with Gasteiger partial charge in [0.1, 0.15) is 11.2 Å². The summed E-state index contributed by atoms with van der Waals surface area (Å²) >= 11 is 0. The summed E-state index contributed by atoms with van der Waals surface area (Å²) in [4.78, 5) is 0. The van der Waals surface area contributed by atoms with Gasteiger partial charge in [-0.2, -0.15) is 0 Å². The fourth-order valence-electron chi connectivity index (χ4n) is 2.57. The Morgan fingerprint density at radius 3 is 2.61 bits per heavy atom. The van der Waals surface area contributed by atoms with E-state index in [4.69, 9.17) is 4.42 Å². The number of fused-ring (bicyclic) bond motifs is 3. The van der Waals surface area contributed by atoms with Crippen LogP contribution in [0.25, 0.3) is 21.9 Å². The van der Waals surface area contributed by atoms with Gasteiger partial charge in [-0.25, -0.2) is 0 Å². The lowest BCUT2D eigenvalue weighted by atomic mass is 10.0. The van der Waals surface area contributed by atoms with Gasteiger partial charge in [0.25, 0.3) is 0 Å². The Hall–Kier alpha value is -1.80. The van der Waals surface area contributed by atoms with Gasteiger partial charge >= 0.3 is 0 Å². The Kier molecular flexibility index (Phi) is 2.80. The van der Waals surface area contributed by atoms with E-state index in [9.17, 15) is 0 Å². The highest BCUT2D eigenvalue weighted by Crippen LogP contribution is 2.30. The minimum absolute atomic E-state index is 0.406. The number of benzene rings is 2. The molecule has 3 aromatic rings. The fraction of sp³-hybridized carbons (Fsp3) is 0.250. The van der Waals surface area contributed by atoms with Gasteiger partial charge in [-0.05, 0) is 37.2 Å². The quantitative estimate of drug-likeness (QED) is 0.739. The third kappa shape index (κ3) is 1.70. The summed E-state index contributed by atoms with van der Waals surface area (Å²) in [5, 5.41) is 5.74. The van der Waals surface area contributed by atoms with Gasteiger partial charge in [0.2, 0.25) is 0 Å². The zero-order valence-corrected chi connectivity index (χ0v) is 10.7. The van der Waals surface area contributed by atoms with Gasteiger partial charge in [-0.1, -0.05) is 31.2 Å². The van der Waals surface area contributed by atoms with Crippen LogP contribution in [-0.2, 0) is 0 Å². The van der Waals surface area contributed by atoms with E-state index in [1.165, 1.54) is 16.3 Å². The molecule has 18 heavy (non-hydrogen) atoms. The largest absolute Gasteiger partial charge is 0.456 e. The van der Waals surface area contributed by atoms with Crippen LogP contribution in [0.2, 0.25) is 0 Å². The van der Waals surface area contributed by atoms with Crippen molar-refractivity contribution in [3.63, 3.8) is 0 Å². The standard InChI is InChI=1S/C16H17NO/c1-3-14(17-2)11-8-9-16-13(10-11)12-6-4-5-7-15(12)18-16/h4-10,14,17H,3H2,1-2H3. The highest BCUT2D eigenvalue weighted by atomic mass is 16.3. The normalized spacial score (nSPS) is 13.2. The van der Waals surface area contributed by atoms with Crippen LogP contribution in [0.1, 0.15) is 24.9 Å². The van der Waals surface area contributed by atoms with Gasteiger partial charge in [-0.3, -0.25) is 0 Å². The maximum atomic E-state index is 5.83. The zero-order valence-electron chi connectivity index (χ0n) is 10.7. The summed E-state index contributed by atoms with van der Waals surface area (Å²) in [6.45, 7) is 2.19. The van der Waals surface area contributed by atoms with Crippen molar-refractivity contribution >= 4 is 21.9 Å². The molecule has 0 spiro atoms. The van der Waals surface area contributed by atoms with E-state index < -0.39 is 0 Å². The molecule has 92 valence electrons. The first-order valence-corrected chi connectivity index (χ1v) is 6.42. The highest BCUT2D eigenvalue weighted by Gasteiger charge is 2.10. The molecule has 0 bridgehead atoms. The van der Waals surface area contributed by atoms with Gasteiger partial charge < -0.3 is 9.73 Å². The Labute approximate surface area is 107 Å². The summed E-state index contributed by atoms with van der Waals surface area (Å²) in [5.74, 6) is 0. The van der Waals surface area contributed by atoms with Crippen LogP contribution in [0.3, 0.4) is 0 Å². The zero-order chi connectivity index (χ0) is 12.5. The molecule has 0 aliphatic rings. The molecule has 2 aromatic carbocycles. The lowest BCUT2D eigenvalue weighted by molar-refractivity contribution is 0.577. The van der Waals surface area contributed by atoms with E-state index in [1.807, 2.05) is 19.2 Å². The number of furan rings is 1. The fourth-order valence-corrected chi connectivity index (χ4v) is 2.57. The maximum Gasteiger partial charge on any atom is 0.135 e. The molecular formula is C16H17NO. The number of hydrogen-bond acceptors (Lipinski definition) is 2. The third-order valence-corrected chi connectivity index (χ3v) is 3.56. The molecule has 0 radical (unpaired) electrons. The molecule has 1 unspecified atom stereocenters. The third-order valence-electron chi connectivity index (χ3n) is 3.56. The first kappa shape index (κ1) is 11.3. The average molecular weight is 239 g/mol. The van der Waals surface area contributed by atoms with Crippen LogP contribution in [-0.4, -0.2) is 7.05 Å². The molecule has 1 N–H and O–H groups in total. The van der Waals surface area contributed by atoms with E-state index in [0.717, 1.165) is 17.6 Å². The van der Waals surface area contributed by atoms with Crippen LogP contribution in [0.4, 0.5) is 0 Å². The molecular weight excluding hydrogens is 222 g/mol. The molecule has 2 heteroatoms. The van der Waals surface area contributed by atoms with Crippen LogP contribution in [0.5, 0.6) is 0 Å². The first-order valence-electron chi connectivity index (χ1n) is 6.42. The van der Waals surface area contributed by atoms with Crippen molar-refractivity contribution in [2.24, 2.45) is 0 Å². The molecule has 0 fully saturated rings. The van der Waals surface area contributed by atoms with Gasteiger partial charge in [0.15, 0.2) is 0 Å². The summed E-state index contributed by atoms with van der Waals surface area (Å²) in [5.41, 5.74) is 3.24. The summed E-state index contributed by atoms with van der Waals surface area (Å²) < 4.78 is 5.83. The predicted molar refractivity (Wildman–Crippen MR) is 75.8 cm³/mol. The Bertz CT molecular complexity index is 680. The number of para-hydroxylation sites is 1. The summed E-state index contributed by atoms with van der Waals surface area (Å²) in [7, 11) is 2.01. The van der Waals surface area contributed by atoms with Crippen LogP contribution in [0.15, 0.2) is 46.9 Å². The first-order chi connectivity index (χ1) is 8.83. The lowest BCUT2D eigenvalue weighted by Crippen LogP contribution is -2.14. The van der Waals surface area contributed by atoms with E-state index in [0.29, 0.717) is 6.04 Å². The minimum Gasteiger partial charge on any atom is -0.456 e. The van der Waals surface area contributed by atoms with Crippen molar-refractivity contribution in [2.45, 2.75) is 19.4 Å². The van der Waals surface area contributed by atoms with E-state index in [2.05, 4.69) is 42.6 Å². The molecule has 0 saturated carbocycles. The summed E-state index contributed by atoms with van der Waals surface area (Å²) in [6, 6.07) is 15.1. The molecule has 3 rings (SSSR count). The van der Waals surface area contributed by atoms with Gasteiger partial charge in [0, 0.05) is 16.8 Å². The van der Waals surface area contributed by atoms with Crippen molar-refractivity contribution < 1.29 is 4.42 Å². The molecule has 0 amide bonds. The monoisotopic (exact) mass is 239 g/mol. The van der Waals surface area contributed by atoms with E-state index >= 15 is 0 Å². The summed E-state index contributed by atoms with van der Waals surface area (Å²) in [6.07, 6.45) is 1.08. The Balaban J connectivity index is 2.24. The van der Waals surface area contributed by atoms with Gasteiger partial charge in [0.05, 0.1) is 0 Å². The minimum atomic E-state index is 0.406. The van der Waals surface area contributed by atoms with Crippen LogP contribution in [0, 0.1) is 0 Å². The number of rotatable bonds is 3. The molecule has 1 heterocycles. The highest BCUT2D eigenvalue weighted by molar-refractivity contribution is 6.05. The molecule has 2 nitrogen and oxygen atoms in total. The van der Waals surface area contributed by atoms with Crippen molar-refractivity contribution in [3.05, 3.63) is 48.0 Å². The molecule has 1 atom stereocenters. The Morgan fingerprint density at radius 1 is 1.06 bits per heavy atom. The Morgan fingerprint density at radius 2 is 1.83 bits per heavy atom. The maximum absolute atomic E-state index is 5.83. The number of nitrogens with one attached hydrogen (secondary N) is 1. The topological polar surface area (TPSA) is 25.2 Å². The van der Waals surface area contributed by atoms with Crippen LogP contribution >= 0.6 is 0 Å². The second kappa shape index (κ2) is 4.46. The van der Waals surface area contributed by atoms with Crippen molar-refractivity contribution in [3.8, 4) is 0 Å². The second-order valence-corrected chi connectivity index (χ2v) is 4.60. The van der Waals surface area contributed by atoms with E-state index in [1.54, 1.807) is 0 Å². The molecule has 0 saturated heterocycles. The molecule has 1 aromatic heterocycles. The van der Waals surface area contributed by atoms with Gasteiger partial charge in [-0.15, -0.1) is 0 Å². The van der Waals surface area contributed by atoms with Crippen molar-refractivity contribution in [2.75, 3.05) is 7.05 Å². The SMILES string of the molecule is CCC(NC)c1ccc2oc3ccccc3c2c1. The van der Waals surface area contributed by atoms with Crippen molar-refractivity contribution in [1.29, 1.82) is 0 Å². The second-order valence-electron chi connectivity index (χ2n) is 4.60. The number of hydrogen-bond donors (Lipinski definition) is 1. The van der Waals surface area contributed by atoms with Crippen LogP contribution < -0.4 is 5.32 Å².